The quantitative estimate of drug-likeness (QED) is 0.0140. The number of nitrogens with one attached hydrogen (secondary N) is 2. The van der Waals surface area contributed by atoms with E-state index in [9.17, 15) is 39.3 Å². The number of aryl methyl sites for hydroxylation is 7. The summed E-state index contributed by atoms with van der Waals surface area (Å²) in [4.78, 5) is 68.0. The third-order valence-electron chi connectivity index (χ3n) is 21.2. The lowest BCUT2D eigenvalue weighted by Crippen LogP contribution is -3.00. The van der Waals surface area contributed by atoms with Crippen LogP contribution in [-0.4, -0.2) is 222 Å². The average molecular weight is 1870 g/mol. The Bertz CT molecular complexity index is 3350. The maximum atomic E-state index is 13.3. The van der Waals surface area contributed by atoms with Crippen LogP contribution in [0.4, 0.5) is 5.69 Å². The molecular formula is C89H139Br5N6O11. The van der Waals surface area contributed by atoms with Gasteiger partial charge >= 0.3 is 0 Å². The van der Waals surface area contributed by atoms with Gasteiger partial charge in [0.2, 0.25) is 5.91 Å². The molecule has 5 N–H and O–H groups in total. The topological polar surface area (TPSA) is 204 Å². The summed E-state index contributed by atoms with van der Waals surface area (Å²) in [5, 5.41) is 39.4. The van der Waals surface area contributed by atoms with Crippen molar-refractivity contribution in [2.45, 2.75) is 205 Å². The number of hydrogen-bond donors (Lipinski definition) is 5. The molecule has 111 heavy (non-hydrogen) atoms. The van der Waals surface area contributed by atoms with Crippen molar-refractivity contribution in [2.75, 3.05) is 153 Å². The zero-order chi connectivity index (χ0) is 80.6. The van der Waals surface area contributed by atoms with Crippen LogP contribution in [0.1, 0.15) is 180 Å². The number of alkyl halides is 3. The number of rotatable bonds is 44. The van der Waals surface area contributed by atoms with Gasteiger partial charge in [-0.25, -0.2) is 0 Å². The lowest BCUT2D eigenvalue weighted by Gasteiger charge is -2.38. The molecule has 5 aromatic rings. The van der Waals surface area contributed by atoms with Crippen LogP contribution in [0.2, 0.25) is 0 Å². The highest BCUT2D eigenvalue weighted by Crippen LogP contribution is 2.27. The zero-order valence-electron chi connectivity index (χ0n) is 69.7. The molecule has 22 heteroatoms. The van der Waals surface area contributed by atoms with Gasteiger partial charge < -0.3 is 83.1 Å². The molecule has 0 spiro atoms. The van der Waals surface area contributed by atoms with Gasteiger partial charge in [0.25, 0.3) is 0 Å². The van der Waals surface area contributed by atoms with Gasteiger partial charge in [-0.3, -0.25) is 33.8 Å². The molecule has 17 nitrogen and oxygen atoms in total. The summed E-state index contributed by atoms with van der Waals surface area (Å²) in [6.07, 6.45) is 14.5. The van der Waals surface area contributed by atoms with Crippen molar-refractivity contribution < 1.29 is 96.4 Å². The lowest BCUT2D eigenvalue weighted by molar-refractivity contribution is -0.919. The van der Waals surface area contributed by atoms with E-state index in [1.165, 1.54) is 29.5 Å². The van der Waals surface area contributed by atoms with Gasteiger partial charge in [-0.05, 0) is 196 Å². The smallest absolute Gasteiger partial charge is 0.241 e. The Morgan fingerprint density at radius 3 is 1.31 bits per heavy atom. The van der Waals surface area contributed by atoms with E-state index in [1.807, 2.05) is 83.1 Å². The second kappa shape index (κ2) is 60.3. The molecule has 0 bridgehead atoms. The minimum atomic E-state index is -0.142. The fourth-order valence-corrected chi connectivity index (χ4v) is 14.8. The number of quaternary nitrogens is 2. The Kier molecular flexibility index (Phi) is 56.9. The van der Waals surface area contributed by atoms with Gasteiger partial charge in [-0.15, -0.1) is 0 Å². The summed E-state index contributed by atoms with van der Waals surface area (Å²) in [6.45, 7) is 42.3. The molecule has 0 saturated carbocycles. The summed E-state index contributed by atoms with van der Waals surface area (Å²) >= 11 is 9.85. The number of carbonyl (C=O) groups excluding carboxylic acids is 5. The molecule has 2 aliphatic rings. The van der Waals surface area contributed by atoms with Crippen LogP contribution in [0, 0.1) is 48.5 Å². The lowest BCUT2D eigenvalue weighted by atomic mass is 9.92. The molecule has 0 aromatic heterocycles. The summed E-state index contributed by atoms with van der Waals surface area (Å²) in [5.74, 6) is 1.57. The van der Waals surface area contributed by atoms with Crippen molar-refractivity contribution in [3.8, 4) is 17.2 Å². The largest absolute Gasteiger partial charge is 1.00 e. The maximum Gasteiger partial charge on any atom is 0.241 e. The van der Waals surface area contributed by atoms with Crippen molar-refractivity contribution in [2.24, 2.45) is 0 Å². The summed E-state index contributed by atoms with van der Waals surface area (Å²) in [5.41, 5.74) is 11.9. The number of nitrogens with zero attached hydrogens (tertiary/aromatic N) is 4. The maximum absolute atomic E-state index is 13.3. The number of aromatic hydroxyl groups is 3. The minimum Gasteiger partial charge on any atom is -1.00 e. The van der Waals surface area contributed by atoms with E-state index in [-0.39, 0.29) is 93.0 Å². The molecule has 7 rings (SSSR count). The second-order valence-corrected chi connectivity index (χ2v) is 31.9. The van der Waals surface area contributed by atoms with Gasteiger partial charge in [0.15, 0.2) is 23.1 Å². The van der Waals surface area contributed by atoms with Crippen LogP contribution in [0.25, 0.3) is 0 Å². The van der Waals surface area contributed by atoms with Crippen molar-refractivity contribution in [1.29, 1.82) is 0 Å². The number of Topliss-reactive ketones (excluding diaryl/α,β-unsaturated/α-hetero) is 4. The molecule has 0 radical (unpaired) electrons. The van der Waals surface area contributed by atoms with E-state index in [0.29, 0.717) is 75.6 Å². The molecule has 2 aliphatic heterocycles. The van der Waals surface area contributed by atoms with Gasteiger partial charge in [-0.1, -0.05) is 180 Å². The number of likely N-dealkylation sites (N-methyl/N-ethyl adjacent to an activating group) is 3. The number of piperidine rings is 2. The molecule has 4 atom stereocenters. The normalized spacial score (nSPS) is 15.0. The van der Waals surface area contributed by atoms with Gasteiger partial charge in [0.05, 0.1) is 84.4 Å². The van der Waals surface area contributed by atoms with E-state index < -0.39 is 0 Å². The first-order valence-electron chi connectivity index (χ1n) is 40.5. The number of carbonyl (C=O) groups is 5. The number of amides is 1. The number of hydrogen-bond acceptors (Lipinski definition) is 14. The highest BCUT2D eigenvalue weighted by molar-refractivity contribution is 9.09. The number of benzene rings is 5. The fraction of sp³-hybridized carbons (Fsp3) is 0.607. The predicted octanol–water partition coefficient (Wildman–Crippen LogP) is 10.7. The van der Waals surface area contributed by atoms with Crippen molar-refractivity contribution >= 4 is 82.5 Å². The Hall–Kier alpha value is -4.27. The number of likely N-dealkylation sites (tertiary alicyclic amines) is 1. The van der Waals surface area contributed by atoms with E-state index in [2.05, 4.69) is 142 Å². The van der Waals surface area contributed by atoms with Crippen LogP contribution < -0.4 is 44.6 Å². The van der Waals surface area contributed by atoms with E-state index in [0.717, 1.165) is 220 Å². The van der Waals surface area contributed by atoms with Gasteiger partial charge in [0.1, 0.15) is 43.4 Å². The highest BCUT2D eigenvalue weighted by atomic mass is 79.9. The first-order chi connectivity index (χ1) is 52.3. The third-order valence-corrected chi connectivity index (χ3v) is 22.2. The summed E-state index contributed by atoms with van der Waals surface area (Å²) in [6, 6.07) is 28.4. The fourth-order valence-electron chi connectivity index (χ4n) is 14.1. The molecule has 5 aromatic carbocycles. The predicted molar refractivity (Wildman–Crippen MR) is 460 cm³/mol. The number of ketones is 4. The average Bonchev–Trinajstić information content (AvgIpc) is 0.844. The molecule has 0 aliphatic carbocycles. The molecule has 2 fully saturated rings. The SMILES string of the molecule is BrCCOCCBr.CCCCN(CC)CC(=O)Cc1c(C)cccc1O.CCCC[N+](CC)(CCOCCBr)CC(=O)Cc1c(C)cccc1O.CCCC[N+](CC)(CCOCCN1CCCCC1C(=O)Nc1c(C)cccc1C)CC(=O)Cc1c(C)cccc1O.Cc1cccc(C)c1CC(=O)C1CCCCN1.[Br-].[Br-]. The number of phenolic OH excluding ortho intramolecular Hbond substituents is 3. The van der Waals surface area contributed by atoms with Crippen LogP contribution >= 0.6 is 47.8 Å². The van der Waals surface area contributed by atoms with E-state index >= 15 is 0 Å². The number of anilines is 1. The van der Waals surface area contributed by atoms with E-state index in [1.54, 1.807) is 24.3 Å². The van der Waals surface area contributed by atoms with Crippen molar-refractivity contribution in [3.05, 3.63) is 152 Å². The van der Waals surface area contributed by atoms with E-state index in [4.69, 9.17) is 14.2 Å². The van der Waals surface area contributed by atoms with Crippen molar-refractivity contribution in [1.82, 2.24) is 15.1 Å². The van der Waals surface area contributed by atoms with Crippen LogP contribution in [0.15, 0.2) is 91.0 Å². The third kappa shape index (κ3) is 40.0. The standard InChI is InChI=1S/C34H51N3O4.C20H32BrNO3.C16H25NO2.C15H21NO.C4H8Br2O.2BrH/c1-6-8-20-37(7-2,25-29(38)24-30-26(3)13-12-17-32(30)39)21-23-41-22-19-36-18-10-9-16-31(36)34(40)35-33-27(4)14-11-15-28(33)5;1-4-6-11-22(5-2,12-14-25-13-10-21)16-18(23)15-19-17(3)8-7-9-20(19)24;1-4-6-10-17(5-2)12-14(18)11-15-13(3)8-7-9-16(15)19;1-11-6-5-7-12(2)13(11)10-15(17)14-8-3-4-9-16-14;5-1-3-7-4-2-6;;/h11-15,17,31H,6-10,16,18-25H2,1-5H3,(H-,35,39,40);7-9H,4-6,10-16H2,1-3H3;7-9,19H,4-6,10-12H2,1-3H3;5-7,14,16H,3-4,8-10H2,1-2H3;1-4H2;2*1H. The highest BCUT2D eigenvalue weighted by Gasteiger charge is 2.33. The molecule has 2 saturated heterocycles. The zero-order valence-corrected chi connectivity index (χ0v) is 77.6. The second-order valence-electron chi connectivity index (χ2n) is 29.5. The molecule has 1 amide bonds. The number of phenols is 3. The Labute approximate surface area is 715 Å². The number of unbranched alkanes of at least 4 members (excludes halogenated alkanes) is 3. The van der Waals surface area contributed by atoms with Crippen LogP contribution in [0.5, 0.6) is 17.2 Å². The Balaban J connectivity index is 0.000000755. The monoisotopic (exact) mass is 1860 g/mol. The summed E-state index contributed by atoms with van der Waals surface area (Å²) < 4.78 is 18.3. The van der Waals surface area contributed by atoms with Crippen LogP contribution in [0.3, 0.4) is 0 Å². The molecule has 2 heterocycles. The summed E-state index contributed by atoms with van der Waals surface area (Å²) in [7, 11) is 0. The van der Waals surface area contributed by atoms with Crippen LogP contribution in [-0.2, 0) is 63.9 Å². The number of para-hydroxylation sites is 1. The number of halogens is 5. The Morgan fingerprint density at radius 2 is 0.901 bits per heavy atom. The Morgan fingerprint density at radius 1 is 0.495 bits per heavy atom. The molecule has 626 valence electrons. The van der Waals surface area contributed by atoms with Gasteiger partial charge in [-0.2, -0.15) is 0 Å². The number of ether oxygens (including phenoxy) is 3. The molecule has 4 unspecified atom stereocenters. The minimum absolute atomic E-state index is 0. The first-order valence-corrected chi connectivity index (χ1v) is 43.8. The van der Waals surface area contributed by atoms with Gasteiger partial charge in [0, 0.05) is 70.6 Å². The first kappa shape index (κ1) is 105. The molecular weight excluding hydrogens is 1730 g/mol. The van der Waals surface area contributed by atoms with Crippen molar-refractivity contribution in [3.63, 3.8) is 0 Å².